The number of aromatic carboxylic acids is 1. The molecule has 1 aliphatic rings. The Morgan fingerprint density at radius 1 is 1.45 bits per heavy atom. The summed E-state index contributed by atoms with van der Waals surface area (Å²) in [5, 5.41) is 12.3. The molecule has 8 nitrogen and oxygen atoms in total. The number of H-pyrrole nitrogens is 1. The van der Waals surface area contributed by atoms with Gasteiger partial charge in [0, 0.05) is 25.9 Å². The van der Waals surface area contributed by atoms with E-state index >= 15 is 0 Å². The van der Waals surface area contributed by atoms with E-state index in [0.29, 0.717) is 37.3 Å². The van der Waals surface area contributed by atoms with Gasteiger partial charge in [0.2, 0.25) is 0 Å². The van der Waals surface area contributed by atoms with Crippen molar-refractivity contribution in [2.75, 3.05) is 25.1 Å². The lowest BCUT2D eigenvalue weighted by Gasteiger charge is -2.39. The van der Waals surface area contributed by atoms with E-state index in [0.717, 1.165) is 6.07 Å². The number of hydrogen-bond donors (Lipinski definition) is 3. The quantitative estimate of drug-likeness (QED) is 0.657. The van der Waals surface area contributed by atoms with Gasteiger partial charge in [-0.25, -0.2) is 14.2 Å². The van der Waals surface area contributed by atoms with Crippen LogP contribution in [0.25, 0.3) is 0 Å². The van der Waals surface area contributed by atoms with E-state index in [1.165, 1.54) is 19.2 Å². The molecule has 29 heavy (non-hydrogen) atoms. The van der Waals surface area contributed by atoms with Crippen LogP contribution in [0.15, 0.2) is 18.2 Å². The summed E-state index contributed by atoms with van der Waals surface area (Å²) in [5.41, 5.74) is 1.03. The molecule has 3 N–H and O–H groups in total. The van der Waals surface area contributed by atoms with E-state index < -0.39 is 11.8 Å². The van der Waals surface area contributed by atoms with Crippen molar-refractivity contribution in [1.29, 1.82) is 0 Å². The number of methoxy groups -OCH3 is 1. The Kier molecular flexibility index (Phi) is 6.39. The number of aryl methyl sites for hydroxylation is 1. The molecular formula is C19H22ClFN4O4. The number of carboxylic acid groups (broad SMARTS) is 1. The van der Waals surface area contributed by atoms with Gasteiger partial charge < -0.3 is 25.0 Å². The number of piperidine rings is 1. The summed E-state index contributed by atoms with van der Waals surface area (Å²) in [7, 11) is 1.53. The molecular weight excluding hydrogens is 403 g/mol. The zero-order chi connectivity index (χ0) is 21.1. The van der Waals surface area contributed by atoms with Gasteiger partial charge in [0.15, 0.2) is 11.0 Å². The minimum Gasteiger partial charge on any atom is -0.478 e. The number of benzene rings is 1. The number of imidazole rings is 1. The number of amides is 1. The van der Waals surface area contributed by atoms with Crippen LogP contribution in [0.5, 0.6) is 0 Å². The number of nitrogens with one attached hydrogen (secondary N) is 2. The molecule has 2 atom stereocenters. The van der Waals surface area contributed by atoms with Gasteiger partial charge in [-0.2, -0.15) is 0 Å². The Hall–Kier alpha value is -2.65. The summed E-state index contributed by atoms with van der Waals surface area (Å²) in [4.78, 5) is 32.5. The van der Waals surface area contributed by atoms with Crippen molar-refractivity contribution in [2.45, 2.75) is 31.9 Å². The second kappa shape index (κ2) is 8.79. The molecule has 2 aromatic rings. The standard InChI is InChI=1S/C19H22ClFN4O4/c1-3-13-16(20)24-17(22-13)18(26)23-14-4-5-25(9-15(14)29-2)12-7-10(19(27)28)6-11(21)8-12/h6-8,14-15H,3-5,9H2,1-2H3,(H,22,24)(H,23,26)(H,27,28)/t14-,15+/m0/s1. The first-order valence-electron chi connectivity index (χ1n) is 9.19. The number of nitrogens with zero attached hydrogens (tertiary/aromatic N) is 2. The lowest BCUT2D eigenvalue weighted by molar-refractivity contribution is 0.0538. The number of carbonyl (C=O) groups is 2. The molecule has 0 saturated carbocycles. The average Bonchev–Trinajstić information content (AvgIpc) is 3.08. The molecule has 0 unspecified atom stereocenters. The lowest BCUT2D eigenvalue weighted by atomic mass is 10.0. The zero-order valence-electron chi connectivity index (χ0n) is 16.0. The fourth-order valence-electron chi connectivity index (χ4n) is 3.40. The van der Waals surface area contributed by atoms with Gasteiger partial charge in [-0.15, -0.1) is 0 Å². The van der Waals surface area contributed by atoms with E-state index in [2.05, 4.69) is 15.3 Å². The SMILES string of the molecule is CCc1[nH]c(C(=O)N[C@H]2CCN(c3cc(F)cc(C(=O)O)c3)C[C@H]2OC)nc1Cl. The molecule has 0 aliphatic carbocycles. The highest BCUT2D eigenvalue weighted by Gasteiger charge is 2.32. The first kappa shape index (κ1) is 21.1. The third kappa shape index (κ3) is 4.68. The molecule has 1 amide bonds. The van der Waals surface area contributed by atoms with Gasteiger partial charge in [-0.05, 0) is 31.0 Å². The van der Waals surface area contributed by atoms with E-state index in [1.54, 1.807) is 0 Å². The van der Waals surface area contributed by atoms with Crippen molar-refractivity contribution < 1.29 is 23.8 Å². The average molecular weight is 425 g/mol. The molecule has 1 saturated heterocycles. The molecule has 0 spiro atoms. The topological polar surface area (TPSA) is 108 Å². The summed E-state index contributed by atoms with van der Waals surface area (Å²) in [6.45, 7) is 2.76. The number of aromatic nitrogens is 2. The van der Waals surface area contributed by atoms with Gasteiger partial charge in [0.1, 0.15) is 5.82 Å². The molecule has 1 fully saturated rings. The lowest BCUT2D eigenvalue weighted by Crippen LogP contribution is -2.55. The second-order valence-electron chi connectivity index (χ2n) is 6.80. The normalized spacial score (nSPS) is 19.2. The van der Waals surface area contributed by atoms with Crippen LogP contribution in [0, 0.1) is 5.82 Å². The number of halogens is 2. The number of hydrogen-bond acceptors (Lipinski definition) is 5. The monoisotopic (exact) mass is 424 g/mol. The molecule has 0 radical (unpaired) electrons. The number of rotatable bonds is 6. The minimum atomic E-state index is -1.19. The van der Waals surface area contributed by atoms with Gasteiger partial charge in [0.05, 0.1) is 23.4 Å². The first-order chi connectivity index (χ1) is 13.8. The van der Waals surface area contributed by atoms with Crippen molar-refractivity contribution in [3.8, 4) is 0 Å². The molecule has 1 aromatic carbocycles. The van der Waals surface area contributed by atoms with Crippen molar-refractivity contribution >= 4 is 29.2 Å². The van der Waals surface area contributed by atoms with E-state index in [1.807, 2.05) is 11.8 Å². The van der Waals surface area contributed by atoms with Crippen LogP contribution in [0.4, 0.5) is 10.1 Å². The van der Waals surface area contributed by atoms with Crippen LogP contribution < -0.4 is 10.2 Å². The number of carboxylic acids is 1. The Labute approximate surface area is 172 Å². The zero-order valence-corrected chi connectivity index (χ0v) is 16.8. The maximum absolute atomic E-state index is 13.8. The van der Waals surface area contributed by atoms with E-state index in [-0.39, 0.29) is 34.6 Å². The first-order valence-corrected chi connectivity index (χ1v) is 9.57. The van der Waals surface area contributed by atoms with Crippen LogP contribution in [0.3, 0.4) is 0 Å². The van der Waals surface area contributed by atoms with E-state index in [4.69, 9.17) is 21.4 Å². The molecule has 3 rings (SSSR count). The maximum atomic E-state index is 13.8. The number of ether oxygens (including phenoxy) is 1. The summed E-state index contributed by atoms with van der Waals surface area (Å²) in [6, 6.07) is 3.40. The van der Waals surface area contributed by atoms with Crippen LogP contribution in [-0.2, 0) is 11.2 Å². The van der Waals surface area contributed by atoms with Crippen LogP contribution >= 0.6 is 11.6 Å². The summed E-state index contributed by atoms with van der Waals surface area (Å²) < 4.78 is 19.3. The number of carbonyl (C=O) groups excluding carboxylic acids is 1. The Morgan fingerprint density at radius 3 is 2.83 bits per heavy atom. The Morgan fingerprint density at radius 2 is 2.21 bits per heavy atom. The van der Waals surface area contributed by atoms with Crippen molar-refractivity contribution in [2.24, 2.45) is 0 Å². The number of aromatic amines is 1. The maximum Gasteiger partial charge on any atom is 0.335 e. The van der Waals surface area contributed by atoms with Crippen LogP contribution in [-0.4, -0.2) is 59.3 Å². The third-order valence-electron chi connectivity index (χ3n) is 4.97. The highest BCUT2D eigenvalue weighted by Crippen LogP contribution is 2.24. The molecule has 156 valence electrons. The predicted molar refractivity (Wildman–Crippen MR) is 105 cm³/mol. The third-order valence-corrected chi connectivity index (χ3v) is 5.28. The van der Waals surface area contributed by atoms with Gasteiger partial charge in [-0.1, -0.05) is 18.5 Å². The fraction of sp³-hybridized carbons (Fsp3) is 0.421. The Balaban J connectivity index is 1.71. The molecule has 0 bridgehead atoms. The van der Waals surface area contributed by atoms with Crippen LogP contribution in [0.1, 0.15) is 40.0 Å². The smallest absolute Gasteiger partial charge is 0.335 e. The fourth-order valence-corrected chi connectivity index (χ4v) is 3.67. The summed E-state index contributed by atoms with van der Waals surface area (Å²) >= 11 is 6.00. The minimum absolute atomic E-state index is 0.120. The van der Waals surface area contributed by atoms with Crippen LogP contribution in [0.2, 0.25) is 5.15 Å². The van der Waals surface area contributed by atoms with Gasteiger partial charge in [0.25, 0.3) is 5.91 Å². The molecule has 1 aromatic heterocycles. The highest BCUT2D eigenvalue weighted by molar-refractivity contribution is 6.30. The molecule has 1 aliphatic heterocycles. The highest BCUT2D eigenvalue weighted by atomic mass is 35.5. The predicted octanol–water partition coefficient (Wildman–Crippen LogP) is 2.49. The largest absolute Gasteiger partial charge is 0.478 e. The summed E-state index contributed by atoms with van der Waals surface area (Å²) in [6.07, 6.45) is 0.780. The van der Waals surface area contributed by atoms with Gasteiger partial charge in [-0.3, -0.25) is 4.79 Å². The molecule has 2 heterocycles. The van der Waals surface area contributed by atoms with E-state index in [9.17, 15) is 14.0 Å². The summed E-state index contributed by atoms with van der Waals surface area (Å²) in [5.74, 6) is -2.06. The number of anilines is 1. The van der Waals surface area contributed by atoms with Crippen molar-refractivity contribution in [3.05, 3.63) is 46.3 Å². The molecule has 10 heteroatoms. The second-order valence-corrected chi connectivity index (χ2v) is 7.16. The Bertz CT molecular complexity index is 920. The van der Waals surface area contributed by atoms with Crippen molar-refractivity contribution in [3.63, 3.8) is 0 Å². The van der Waals surface area contributed by atoms with Crippen molar-refractivity contribution in [1.82, 2.24) is 15.3 Å². The van der Waals surface area contributed by atoms with Gasteiger partial charge >= 0.3 is 5.97 Å².